The summed E-state index contributed by atoms with van der Waals surface area (Å²) in [4.78, 5) is 0. The summed E-state index contributed by atoms with van der Waals surface area (Å²) in [7, 11) is -5.09. The van der Waals surface area contributed by atoms with Crippen molar-refractivity contribution >= 4 is 16.2 Å². The van der Waals surface area contributed by atoms with Gasteiger partial charge in [0.15, 0.2) is 0 Å². The first-order valence-electron chi connectivity index (χ1n) is 5.86. The summed E-state index contributed by atoms with van der Waals surface area (Å²) < 4.78 is 38.3. The number of hydrogen-bond donors (Lipinski definition) is 0. The highest BCUT2D eigenvalue weighted by Crippen LogP contribution is 2.60. The second-order valence-electron chi connectivity index (χ2n) is 2.88. The van der Waals surface area contributed by atoms with Crippen molar-refractivity contribution in [3.63, 3.8) is 0 Å². The fourth-order valence-electron chi connectivity index (χ4n) is 0.958. The minimum atomic E-state index is -3.47. The molecule has 0 spiro atoms. The van der Waals surface area contributed by atoms with Crippen molar-refractivity contribution in [3.8, 4) is 0 Å². The molecular formula is C10H22O6P2. The zero-order chi connectivity index (χ0) is 14.0. The van der Waals surface area contributed by atoms with Crippen molar-refractivity contribution in [2.24, 2.45) is 0 Å². The van der Waals surface area contributed by atoms with E-state index in [2.05, 4.69) is 6.58 Å². The van der Waals surface area contributed by atoms with E-state index in [0.29, 0.717) is 13.2 Å². The van der Waals surface area contributed by atoms with Crippen molar-refractivity contribution in [2.75, 3.05) is 26.4 Å². The molecule has 0 bridgehead atoms. The van der Waals surface area contributed by atoms with Crippen molar-refractivity contribution in [3.05, 3.63) is 12.1 Å². The van der Waals surface area contributed by atoms with Crippen LogP contribution in [-0.4, -0.2) is 26.4 Å². The normalized spacial score (nSPS) is 11.8. The number of hydrogen-bond acceptors (Lipinski definition) is 6. The van der Waals surface area contributed by atoms with E-state index >= 15 is 0 Å². The highest BCUT2D eigenvalue weighted by Gasteiger charge is 2.33. The lowest BCUT2D eigenvalue weighted by Crippen LogP contribution is -2.01. The molecule has 18 heavy (non-hydrogen) atoms. The van der Waals surface area contributed by atoms with E-state index in [4.69, 9.17) is 22.6 Å². The molecule has 0 aliphatic rings. The summed E-state index contributed by atoms with van der Waals surface area (Å²) in [6.45, 7) is 12.0. The first-order chi connectivity index (χ1) is 8.53. The van der Waals surface area contributed by atoms with E-state index in [1.54, 1.807) is 13.8 Å². The Morgan fingerprint density at radius 1 is 1.00 bits per heavy atom. The van der Waals surface area contributed by atoms with Gasteiger partial charge >= 0.3 is 16.2 Å². The molecule has 0 fully saturated rings. The van der Waals surface area contributed by atoms with Crippen molar-refractivity contribution in [2.45, 2.75) is 27.7 Å². The lowest BCUT2D eigenvalue weighted by Gasteiger charge is -2.22. The molecule has 108 valence electrons. The SMILES string of the molecule is C=C(OP(OCC)OCC)P(=O)(OCC)OCC. The fourth-order valence-corrected chi connectivity index (χ4v) is 3.37. The summed E-state index contributed by atoms with van der Waals surface area (Å²) in [5.74, 6) is 0. The lowest BCUT2D eigenvalue weighted by molar-refractivity contribution is 0.183. The maximum absolute atomic E-state index is 12.3. The molecule has 0 rings (SSSR count). The molecule has 0 aliphatic heterocycles. The smallest absolute Gasteiger partial charge is 0.397 e. The van der Waals surface area contributed by atoms with Crippen LogP contribution in [0.15, 0.2) is 12.1 Å². The second-order valence-corrected chi connectivity index (χ2v) is 6.03. The third kappa shape index (κ3) is 6.28. The highest BCUT2D eigenvalue weighted by atomic mass is 31.2. The minimum absolute atomic E-state index is 0.0841. The van der Waals surface area contributed by atoms with Crippen molar-refractivity contribution < 1.29 is 27.2 Å². The van der Waals surface area contributed by atoms with Crippen LogP contribution in [0, 0.1) is 0 Å². The molecule has 0 aliphatic carbocycles. The topological polar surface area (TPSA) is 63.2 Å². The monoisotopic (exact) mass is 300 g/mol. The predicted octanol–water partition coefficient (Wildman–Crippen LogP) is 4.04. The maximum atomic E-state index is 12.3. The molecule has 0 unspecified atom stereocenters. The van der Waals surface area contributed by atoms with Gasteiger partial charge in [0.1, 0.15) is 0 Å². The zero-order valence-corrected chi connectivity index (χ0v) is 13.2. The Morgan fingerprint density at radius 3 is 1.78 bits per heavy atom. The Balaban J connectivity index is 4.60. The van der Waals surface area contributed by atoms with Gasteiger partial charge in [0.05, 0.1) is 26.4 Å². The van der Waals surface area contributed by atoms with E-state index in [1.807, 2.05) is 13.8 Å². The minimum Gasteiger partial charge on any atom is -0.419 e. The molecule has 8 heteroatoms. The second kappa shape index (κ2) is 9.90. The Labute approximate surface area is 110 Å². The quantitative estimate of drug-likeness (QED) is 0.424. The first-order valence-corrected chi connectivity index (χ1v) is 8.50. The van der Waals surface area contributed by atoms with Gasteiger partial charge in [0.25, 0.3) is 0 Å². The van der Waals surface area contributed by atoms with Gasteiger partial charge in [-0.15, -0.1) is 0 Å². The van der Waals surface area contributed by atoms with Crippen LogP contribution < -0.4 is 0 Å². The van der Waals surface area contributed by atoms with E-state index in [-0.39, 0.29) is 18.7 Å². The van der Waals surface area contributed by atoms with Gasteiger partial charge in [-0.1, -0.05) is 0 Å². The van der Waals surface area contributed by atoms with Gasteiger partial charge in [-0.3, -0.25) is 4.57 Å². The number of rotatable bonds is 11. The molecule has 0 atom stereocenters. The molecule has 0 aromatic rings. The van der Waals surface area contributed by atoms with Gasteiger partial charge < -0.3 is 22.6 Å². The largest absolute Gasteiger partial charge is 0.419 e. The molecule has 0 aromatic heterocycles. The first kappa shape index (κ1) is 18.0. The van der Waals surface area contributed by atoms with Crippen molar-refractivity contribution in [1.82, 2.24) is 0 Å². The van der Waals surface area contributed by atoms with Crippen molar-refractivity contribution in [1.29, 1.82) is 0 Å². The van der Waals surface area contributed by atoms with Crippen LogP contribution >= 0.6 is 16.2 Å². The summed E-state index contributed by atoms with van der Waals surface area (Å²) in [5.41, 5.74) is -0.0841. The van der Waals surface area contributed by atoms with Gasteiger partial charge in [-0.2, -0.15) is 0 Å². The summed E-state index contributed by atoms with van der Waals surface area (Å²) in [5, 5.41) is 0. The Kier molecular flexibility index (Phi) is 9.93. The van der Waals surface area contributed by atoms with Gasteiger partial charge in [0, 0.05) is 0 Å². The molecule has 0 heterocycles. The van der Waals surface area contributed by atoms with E-state index in [0.717, 1.165) is 0 Å². The van der Waals surface area contributed by atoms with E-state index in [9.17, 15) is 4.57 Å². The van der Waals surface area contributed by atoms with Crippen LogP contribution in [0.5, 0.6) is 0 Å². The molecule has 0 radical (unpaired) electrons. The standard InChI is InChI=1S/C10H22O6P2/c1-6-12-17(13-7-2)16-10(5)18(11,14-8-3)15-9-4/h5-9H2,1-4H3. The molecule has 0 saturated heterocycles. The molecular weight excluding hydrogens is 278 g/mol. The average Bonchev–Trinajstić information content (AvgIpc) is 2.30. The van der Waals surface area contributed by atoms with Crippen LogP contribution in [0.2, 0.25) is 0 Å². The Morgan fingerprint density at radius 2 is 1.44 bits per heavy atom. The Hall–Kier alpha value is 0.0400. The van der Waals surface area contributed by atoms with Crippen LogP contribution in [0.3, 0.4) is 0 Å². The molecule has 0 saturated carbocycles. The predicted molar refractivity (Wildman–Crippen MR) is 71.3 cm³/mol. The Bertz CT molecular complexity index is 268. The van der Waals surface area contributed by atoms with Gasteiger partial charge in [-0.25, -0.2) is 0 Å². The maximum Gasteiger partial charge on any atom is 0.397 e. The lowest BCUT2D eigenvalue weighted by atomic mass is 10.9. The van der Waals surface area contributed by atoms with Crippen LogP contribution in [-0.2, 0) is 27.2 Å². The summed E-state index contributed by atoms with van der Waals surface area (Å²) >= 11 is 0. The zero-order valence-electron chi connectivity index (χ0n) is 11.4. The third-order valence-electron chi connectivity index (χ3n) is 1.55. The van der Waals surface area contributed by atoms with Gasteiger partial charge in [-0.05, 0) is 34.3 Å². The van der Waals surface area contributed by atoms with E-state index in [1.165, 1.54) is 0 Å². The molecule has 6 nitrogen and oxygen atoms in total. The van der Waals surface area contributed by atoms with E-state index < -0.39 is 16.2 Å². The molecule has 0 N–H and O–H groups in total. The van der Waals surface area contributed by atoms with Crippen LogP contribution in [0.1, 0.15) is 27.7 Å². The molecule has 0 aromatic carbocycles. The van der Waals surface area contributed by atoms with Crippen LogP contribution in [0.4, 0.5) is 0 Å². The molecule has 0 amide bonds. The average molecular weight is 300 g/mol. The van der Waals surface area contributed by atoms with Crippen LogP contribution in [0.25, 0.3) is 0 Å². The fraction of sp³-hybridized carbons (Fsp3) is 0.800. The third-order valence-corrected chi connectivity index (χ3v) is 4.90. The highest BCUT2D eigenvalue weighted by molar-refractivity contribution is 7.59. The summed E-state index contributed by atoms with van der Waals surface area (Å²) in [6, 6.07) is 0. The summed E-state index contributed by atoms with van der Waals surface area (Å²) in [6.07, 6.45) is 0. The van der Waals surface area contributed by atoms with Gasteiger partial charge in [0.2, 0.25) is 5.50 Å².